The Morgan fingerprint density at radius 2 is 1.97 bits per heavy atom. The van der Waals surface area contributed by atoms with Crippen molar-refractivity contribution in [3.05, 3.63) is 80.2 Å². The fourth-order valence-corrected chi connectivity index (χ4v) is 4.67. The lowest BCUT2D eigenvalue weighted by Crippen LogP contribution is -2.32. The quantitative estimate of drug-likeness (QED) is 0.460. The number of ether oxygens (including phenoxy) is 1. The van der Waals surface area contributed by atoms with Crippen LogP contribution in [0.15, 0.2) is 47.3 Å². The number of rotatable bonds is 5. The molecule has 0 spiro atoms. The van der Waals surface area contributed by atoms with E-state index in [0.29, 0.717) is 12.1 Å². The third-order valence-electron chi connectivity index (χ3n) is 6.00. The maximum Gasteiger partial charge on any atom is 0.416 e. The number of nitrogens with zero attached hydrogens (tertiary/aromatic N) is 2. The molecule has 10 heteroatoms. The molecule has 1 aromatic heterocycles. The molecule has 2 atom stereocenters. The average molecular weight is 506 g/mol. The van der Waals surface area contributed by atoms with Gasteiger partial charge in [0.05, 0.1) is 22.3 Å². The Bertz CT molecular complexity index is 1350. The van der Waals surface area contributed by atoms with Crippen LogP contribution in [0.25, 0.3) is 11.4 Å². The molecule has 1 aliphatic rings. The molecule has 6 nitrogen and oxygen atoms in total. The maximum absolute atomic E-state index is 13.5. The normalized spacial score (nSPS) is 17.2. The molecule has 3 aromatic rings. The zero-order chi connectivity index (χ0) is 25.5. The number of benzene rings is 2. The average Bonchev–Trinajstić information content (AvgIpc) is 3.11. The first-order valence-corrected chi connectivity index (χ1v) is 11.4. The number of carbonyl (C=O) groups is 1. The van der Waals surface area contributed by atoms with Crippen LogP contribution in [0.1, 0.15) is 42.3 Å². The third kappa shape index (κ3) is 4.77. The van der Waals surface area contributed by atoms with E-state index >= 15 is 0 Å². The number of esters is 1. The van der Waals surface area contributed by atoms with Crippen molar-refractivity contribution in [1.82, 2.24) is 9.55 Å². The first kappa shape index (κ1) is 24.8. The molecule has 0 fully saturated rings. The number of carbonyl (C=O) groups excluding carboxylic acids is 1. The summed E-state index contributed by atoms with van der Waals surface area (Å²) in [6.45, 7) is 4.91. The van der Waals surface area contributed by atoms with E-state index in [4.69, 9.17) is 16.3 Å². The second kappa shape index (κ2) is 9.37. The molecule has 0 saturated carbocycles. The number of aryl methyl sites for hydroxylation is 1. The number of aromatic nitrogens is 2. The molecule has 0 saturated heterocycles. The Morgan fingerprint density at radius 1 is 1.26 bits per heavy atom. The van der Waals surface area contributed by atoms with E-state index < -0.39 is 35.4 Å². The molecule has 1 unspecified atom stereocenters. The maximum atomic E-state index is 13.5. The summed E-state index contributed by atoms with van der Waals surface area (Å²) in [5, 5.41) is 3.07. The van der Waals surface area contributed by atoms with E-state index in [1.165, 1.54) is 17.6 Å². The molecular weight excluding hydrogens is 483 g/mol. The van der Waals surface area contributed by atoms with Gasteiger partial charge in [0, 0.05) is 25.5 Å². The number of fused-ring (bicyclic) bond motifs is 1. The summed E-state index contributed by atoms with van der Waals surface area (Å²) in [6, 6.07) is 10.1. The summed E-state index contributed by atoms with van der Waals surface area (Å²) >= 11 is 6.19. The summed E-state index contributed by atoms with van der Waals surface area (Å²) in [5.41, 5.74) is 1.41. The van der Waals surface area contributed by atoms with Crippen LogP contribution in [0.4, 0.5) is 18.9 Å². The summed E-state index contributed by atoms with van der Waals surface area (Å²) in [5.74, 6) is -0.259. The van der Waals surface area contributed by atoms with E-state index in [9.17, 15) is 22.8 Å². The lowest BCUT2D eigenvalue weighted by Gasteiger charge is -2.24. The van der Waals surface area contributed by atoms with E-state index in [1.807, 2.05) is 24.3 Å². The van der Waals surface area contributed by atoms with Gasteiger partial charge in [-0.1, -0.05) is 35.9 Å². The summed E-state index contributed by atoms with van der Waals surface area (Å²) in [4.78, 5) is 29.7. The molecule has 0 radical (unpaired) electrons. The topological polar surface area (TPSA) is 73.2 Å². The highest BCUT2D eigenvalue weighted by Crippen LogP contribution is 2.37. The SMILES string of the molecule is CCn1c(-c2ccc(C(F)(F)F)cc2Cl)nc(C)c(NC2c3ccccc3C[C@@H]2OC(C)=O)c1=O. The van der Waals surface area contributed by atoms with Gasteiger partial charge >= 0.3 is 12.1 Å². The third-order valence-corrected chi connectivity index (χ3v) is 6.32. The summed E-state index contributed by atoms with van der Waals surface area (Å²) in [7, 11) is 0. The van der Waals surface area contributed by atoms with Crippen LogP contribution in [0.2, 0.25) is 5.02 Å². The van der Waals surface area contributed by atoms with Gasteiger partial charge in [0.25, 0.3) is 5.56 Å². The van der Waals surface area contributed by atoms with Crippen LogP contribution in [-0.4, -0.2) is 21.6 Å². The first-order valence-electron chi connectivity index (χ1n) is 11.0. The van der Waals surface area contributed by atoms with Crippen molar-refractivity contribution in [3.63, 3.8) is 0 Å². The van der Waals surface area contributed by atoms with E-state index in [2.05, 4.69) is 10.3 Å². The second-order valence-electron chi connectivity index (χ2n) is 8.31. The van der Waals surface area contributed by atoms with Crippen LogP contribution in [0.3, 0.4) is 0 Å². The standard InChI is InChI=1S/C25H23ClF3N3O3/c1-4-32-23(18-10-9-16(12-19(18)26)25(27,28)29)30-13(2)21(24(32)34)31-22-17-8-6-5-7-15(17)11-20(22)35-14(3)33/h5-10,12,20,22,31H,4,11H2,1-3H3/t20-,22?/m0/s1. The molecule has 1 aliphatic carbocycles. The summed E-state index contributed by atoms with van der Waals surface area (Å²) in [6.07, 6.45) is -4.55. The van der Waals surface area contributed by atoms with Gasteiger partial charge in [-0.3, -0.25) is 14.2 Å². The van der Waals surface area contributed by atoms with Gasteiger partial charge in [-0.25, -0.2) is 4.98 Å². The van der Waals surface area contributed by atoms with Gasteiger partial charge in [0.1, 0.15) is 17.6 Å². The van der Waals surface area contributed by atoms with Gasteiger partial charge in [0.15, 0.2) is 0 Å². The molecule has 35 heavy (non-hydrogen) atoms. The zero-order valence-corrected chi connectivity index (χ0v) is 20.0. The van der Waals surface area contributed by atoms with Gasteiger partial charge in [-0.2, -0.15) is 13.2 Å². The first-order chi connectivity index (χ1) is 16.5. The van der Waals surface area contributed by atoms with Crippen LogP contribution in [-0.2, 0) is 28.7 Å². The van der Waals surface area contributed by atoms with Crippen molar-refractivity contribution >= 4 is 23.3 Å². The molecule has 1 heterocycles. The highest BCUT2D eigenvalue weighted by Gasteiger charge is 2.36. The molecule has 0 aliphatic heterocycles. The van der Waals surface area contributed by atoms with Crippen molar-refractivity contribution in [3.8, 4) is 11.4 Å². The lowest BCUT2D eigenvalue weighted by molar-refractivity contribution is -0.146. The van der Waals surface area contributed by atoms with Gasteiger partial charge in [-0.15, -0.1) is 0 Å². The zero-order valence-electron chi connectivity index (χ0n) is 19.2. The molecule has 4 rings (SSSR count). The van der Waals surface area contributed by atoms with E-state index in [0.717, 1.165) is 23.3 Å². The highest BCUT2D eigenvalue weighted by atomic mass is 35.5. The predicted molar refractivity (Wildman–Crippen MR) is 126 cm³/mol. The highest BCUT2D eigenvalue weighted by molar-refractivity contribution is 6.33. The van der Waals surface area contributed by atoms with Crippen molar-refractivity contribution in [1.29, 1.82) is 0 Å². The van der Waals surface area contributed by atoms with Crippen LogP contribution >= 0.6 is 11.6 Å². The Labute approximate surface area is 204 Å². The molecule has 1 N–H and O–H groups in total. The number of halogens is 4. The monoisotopic (exact) mass is 505 g/mol. The molecule has 0 bridgehead atoms. The fourth-order valence-electron chi connectivity index (χ4n) is 4.41. The van der Waals surface area contributed by atoms with Crippen LogP contribution < -0.4 is 10.9 Å². The number of anilines is 1. The molecule has 184 valence electrons. The van der Waals surface area contributed by atoms with Gasteiger partial charge in [-0.05, 0) is 43.2 Å². The number of hydrogen-bond acceptors (Lipinski definition) is 5. The Hall–Kier alpha value is -3.33. The predicted octanol–water partition coefficient (Wildman–Crippen LogP) is 5.55. The number of alkyl halides is 3. The number of hydrogen-bond donors (Lipinski definition) is 1. The smallest absolute Gasteiger partial charge is 0.416 e. The number of nitrogens with one attached hydrogen (secondary N) is 1. The van der Waals surface area contributed by atoms with Crippen molar-refractivity contribution in [2.75, 3.05) is 5.32 Å². The van der Waals surface area contributed by atoms with Crippen LogP contribution in [0, 0.1) is 6.92 Å². The van der Waals surface area contributed by atoms with Crippen molar-refractivity contribution < 1.29 is 22.7 Å². The fraction of sp³-hybridized carbons (Fsp3) is 0.320. The van der Waals surface area contributed by atoms with E-state index in [1.54, 1.807) is 13.8 Å². The lowest BCUT2D eigenvalue weighted by atomic mass is 10.1. The van der Waals surface area contributed by atoms with Crippen LogP contribution in [0.5, 0.6) is 0 Å². The molecule has 2 aromatic carbocycles. The van der Waals surface area contributed by atoms with Gasteiger partial charge in [0.2, 0.25) is 0 Å². The van der Waals surface area contributed by atoms with Gasteiger partial charge < -0.3 is 10.1 Å². The Kier molecular flexibility index (Phi) is 6.64. The molecular formula is C25H23ClF3N3O3. The molecule has 0 amide bonds. The van der Waals surface area contributed by atoms with Crippen molar-refractivity contribution in [2.24, 2.45) is 0 Å². The van der Waals surface area contributed by atoms with E-state index in [-0.39, 0.29) is 28.6 Å². The second-order valence-corrected chi connectivity index (χ2v) is 8.72. The summed E-state index contributed by atoms with van der Waals surface area (Å²) < 4.78 is 46.1. The van der Waals surface area contributed by atoms with Crippen molar-refractivity contribution in [2.45, 2.75) is 52.1 Å². The minimum atomic E-state index is -4.54. The Balaban J connectivity index is 1.77. The minimum absolute atomic E-state index is 0.159. The minimum Gasteiger partial charge on any atom is -0.460 e. The Morgan fingerprint density at radius 3 is 2.60 bits per heavy atom. The largest absolute Gasteiger partial charge is 0.460 e.